The molecule has 0 radical (unpaired) electrons. The van der Waals surface area contributed by atoms with Crippen LogP contribution in [0.3, 0.4) is 0 Å². The quantitative estimate of drug-likeness (QED) is 0.539. The first kappa shape index (κ1) is 7.31. The summed E-state index contributed by atoms with van der Waals surface area (Å²) in [4.78, 5) is 0. The Balaban J connectivity index is 2.52. The van der Waals surface area contributed by atoms with Crippen molar-refractivity contribution < 1.29 is 0 Å². The summed E-state index contributed by atoms with van der Waals surface area (Å²) < 4.78 is 1.55. The predicted molar refractivity (Wildman–Crippen MR) is 44.0 cm³/mol. The molecule has 1 aromatic carbocycles. The summed E-state index contributed by atoms with van der Waals surface area (Å²) in [5.41, 5.74) is 2.87. The molecule has 1 aliphatic heterocycles. The zero-order valence-electron chi connectivity index (χ0n) is 6.15. The molecule has 2 rings (SSSR count). The van der Waals surface area contributed by atoms with Gasteiger partial charge in [0.05, 0.1) is 0 Å². The van der Waals surface area contributed by atoms with E-state index in [9.17, 15) is 0 Å². The van der Waals surface area contributed by atoms with Crippen LogP contribution in [0.5, 0.6) is 0 Å². The van der Waals surface area contributed by atoms with Crippen molar-refractivity contribution in [3.05, 3.63) is 23.8 Å². The third-order valence-electron chi connectivity index (χ3n) is 1.97. The van der Waals surface area contributed by atoms with Gasteiger partial charge in [0.2, 0.25) is 0 Å². The first-order chi connectivity index (χ1) is 4.86. The molecule has 0 spiro atoms. The fraction of sp³-hybridized carbons (Fsp3) is 0.250. The first-order valence-electron chi connectivity index (χ1n) is 3.70. The third-order valence-corrected chi connectivity index (χ3v) is 2.94. The zero-order valence-corrected chi connectivity index (χ0v) is 9.27. The third kappa shape index (κ3) is 1.31. The second-order valence-corrected chi connectivity index (χ2v) is 4.64. The maximum absolute atomic E-state index is 3.35. The monoisotopic (exact) mass is 157 g/mol. The van der Waals surface area contributed by atoms with E-state index in [-0.39, 0.29) is 0 Å². The van der Waals surface area contributed by atoms with Gasteiger partial charge in [-0.1, -0.05) is 0 Å². The van der Waals surface area contributed by atoms with Crippen molar-refractivity contribution in [3.63, 3.8) is 0 Å². The summed E-state index contributed by atoms with van der Waals surface area (Å²) in [7, 11) is 0. The molecule has 1 aliphatic rings. The van der Waals surface area contributed by atoms with E-state index >= 15 is 0 Å². The molecule has 1 N–H and O–H groups in total. The number of nitrogens with one attached hydrogen (secondary N) is 1. The molecule has 0 bridgehead atoms. The fourth-order valence-electron chi connectivity index (χ4n) is 1.43. The van der Waals surface area contributed by atoms with Crippen LogP contribution in [0.15, 0.2) is 18.2 Å². The van der Waals surface area contributed by atoms with Crippen LogP contribution in [0.25, 0.3) is 0 Å². The molecule has 46 valence electrons. The van der Waals surface area contributed by atoms with E-state index in [1.807, 2.05) is 0 Å². The molecule has 0 aliphatic carbocycles. The summed E-state index contributed by atoms with van der Waals surface area (Å²) in [6, 6.07) is 6.79. The van der Waals surface area contributed by atoms with Crippen molar-refractivity contribution in [2.45, 2.75) is 6.42 Å². The average molecular weight is 157 g/mol. The van der Waals surface area contributed by atoms with E-state index in [0.29, 0.717) is 0 Å². The average Bonchev–Trinajstić information content (AvgIpc) is 2.33. The predicted octanol–water partition coefficient (Wildman–Crippen LogP) is 0.448. The zero-order chi connectivity index (χ0) is 6.97. The Hall–Kier alpha value is 0.656. The van der Waals surface area contributed by atoms with Crippen molar-refractivity contribution in [2.75, 3.05) is 11.9 Å². The normalized spacial score (nSPS) is 14.6. The summed E-state index contributed by atoms with van der Waals surface area (Å²) in [5.74, 6) is 0. The van der Waals surface area contributed by atoms with E-state index in [2.05, 4.69) is 23.5 Å². The van der Waals surface area contributed by atoms with Gasteiger partial charge in [-0.05, 0) is 0 Å². The summed E-state index contributed by atoms with van der Waals surface area (Å²) in [6.45, 7) is 1.13. The molecule has 0 amide bonds. The van der Waals surface area contributed by atoms with Crippen molar-refractivity contribution in [2.24, 2.45) is 0 Å². The molecular weight excluding hydrogens is 149 g/mol. The van der Waals surface area contributed by atoms with E-state index in [4.69, 9.17) is 0 Å². The second kappa shape index (κ2) is 2.95. The van der Waals surface area contributed by atoms with Gasteiger partial charge < -0.3 is 0 Å². The number of fused-ring (bicyclic) bond motifs is 1. The van der Waals surface area contributed by atoms with Gasteiger partial charge in [0.15, 0.2) is 0 Å². The van der Waals surface area contributed by atoms with Crippen molar-refractivity contribution in [1.29, 1.82) is 0 Å². The minimum atomic E-state index is 0.838. The van der Waals surface area contributed by atoms with Crippen molar-refractivity contribution in [1.82, 2.24) is 0 Å². The first-order valence-corrected chi connectivity index (χ1v) is 5.26. The Labute approximate surface area is 94.8 Å². The van der Waals surface area contributed by atoms with Crippen molar-refractivity contribution >= 4 is 54.3 Å². The van der Waals surface area contributed by atoms with E-state index in [1.54, 1.807) is -0.342 Å². The Morgan fingerprint density at radius 3 is 3.20 bits per heavy atom. The summed E-state index contributed by atoms with van der Waals surface area (Å²) in [6.07, 6.45) is 1.22. The molecule has 0 fully saturated rings. The van der Waals surface area contributed by atoms with Crippen LogP contribution in [0.4, 0.5) is 5.69 Å². The molecule has 10 heavy (non-hydrogen) atoms. The topological polar surface area (TPSA) is 12.0 Å². The minimum absolute atomic E-state index is 0.838. The summed E-state index contributed by atoms with van der Waals surface area (Å²) in [5, 5.41) is 3.35. The van der Waals surface area contributed by atoms with Gasteiger partial charge in [-0.25, -0.2) is 0 Å². The van der Waals surface area contributed by atoms with Gasteiger partial charge in [-0.3, -0.25) is 0 Å². The molecule has 2 heteroatoms. The Morgan fingerprint density at radius 1 is 1.40 bits per heavy atom. The van der Waals surface area contributed by atoms with Gasteiger partial charge in [0.25, 0.3) is 0 Å². The second-order valence-electron chi connectivity index (χ2n) is 2.84. The maximum atomic E-state index is 3.35. The van der Waals surface area contributed by atoms with Crippen LogP contribution < -0.4 is 4.97 Å². The van der Waals surface area contributed by atoms with Crippen LogP contribution >= 0.6 is 0 Å². The van der Waals surface area contributed by atoms with Gasteiger partial charge >= 0.3 is 96.3 Å². The van der Waals surface area contributed by atoms with E-state index in [0.717, 1.165) is 55.5 Å². The molecule has 0 saturated heterocycles. The standard InChI is InChI=1S/C8H8N.K/c1-2-4-8-7(3-1)5-6-9-8;/h2-4,9H,5-6H2;. The van der Waals surface area contributed by atoms with Crippen LogP contribution in [0.2, 0.25) is 0 Å². The molecule has 0 atom stereocenters. The SMILES string of the molecule is [K][c]1ccc2c(c1)CCN2. The molecule has 0 aromatic heterocycles. The molecule has 0 saturated carbocycles. The molecule has 0 unspecified atom stereocenters. The van der Waals surface area contributed by atoms with Crippen LogP contribution in [-0.4, -0.2) is 55.5 Å². The van der Waals surface area contributed by atoms with E-state index < -0.39 is 0 Å². The van der Waals surface area contributed by atoms with Crippen molar-refractivity contribution in [3.8, 4) is 0 Å². The molecule has 1 aromatic rings. The van der Waals surface area contributed by atoms with Gasteiger partial charge in [-0.2, -0.15) is 0 Å². The molecule has 1 nitrogen and oxygen atoms in total. The molecular formula is C8H8KN. The number of anilines is 1. The van der Waals surface area contributed by atoms with Gasteiger partial charge in [0, 0.05) is 0 Å². The van der Waals surface area contributed by atoms with Crippen LogP contribution in [-0.2, 0) is 6.42 Å². The number of rotatable bonds is 0. The number of hydrogen-bond acceptors (Lipinski definition) is 1. The number of hydrogen-bond donors (Lipinski definition) is 1. The Bertz CT molecular complexity index is 257. The van der Waals surface area contributed by atoms with Gasteiger partial charge in [0.1, 0.15) is 0 Å². The number of benzene rings is 1. The molecule has 1 heterocycles. The Kier molecular flexibility index (Phi) is 2.16. The van der Waals surface area contributed by atoms with Gasteiger partial charge in [-0.15, -0.1) is 0 Å². The fourth-order valence-corrected chi connectivity index (χ4v) is 2.24. The van der Waals surface area contributed by atoms with Crippen LogP contribution in [0, 0.1) is 0 Å². The van der Waals surface area contributed by atoms with Crippen LogP contribution in [0.1, 0.15) is 5.56 Å². The van der Waals surface area contributed by atoms with E-state index in [1.165, 1.54) is 17.7 Å². The Morgan fingerprint density at radius 2 is 2.30 bits per heavy atom. The summed E-state index contributed by atoms with van der Waals surface area (Å²) >= 11 is 0.838.